The van der Waals surface area contributed by atoms with Crippen molar-refractivity contribution in [3.63, 3.8) is 0 Å². The molecule has 1 amide bonds. The second-order valence-electron chi connectivity index (χ2n) is 7.69. The van der Waals surface area contributed by atoms with Gasteiger partial charge in [0, 0.05) is 29.2 Å². The van der Waals surface area contributed by atoms with Crippen LogP contribution in [0.25, 0.3) is 22.2 Å². The topological polar surface area (TPSA) is 58.4 Å². The summed E-state index contributed by atoms with van der Waals surface area (Å²) in [5, 5.41) is 4.27. The van der Waals surface area contributed by atoms with Crippen molar-refractivity contribution in [2.24, 2.45) is 5.92 Å². The fraction of sp³-hybridized carbons (Fsp3) is 0.364. The van der Waals surface area contributed by atoms with E-state index in [1.807, 2.05) is 36.4 Å². The predicted molar refractivity (Wildman–Crippen MR) is 104 cm³/mol. The molecular formula is C22H23N3O2. The average Bonchev–Trinajstić information content (AvgIpc) is 3.21. The Bertz CT molecular complexity index is 986. The van der Waals surface area contributed by atoms with E-state index in [1.54, 1.807) is 12.3 Å². The van der Waals surface area contributed by atoms with Gasteiger partial charge in [-0.2, -0.15) is 0 Å². The summed E-state index contributed by atoms with van der Waals surface area (Å²) in [6.45, 7) is 4.51. The van der Waals surface area contributed by atoms with Crippen LogP contribution in [0.3, 0.4) is 0 Å². The maximum absolute atomic E-state index is 12.8. The maximum atomic E-state index is 12.8. The molecule has 1 N–H and O–H groups in total. The standard InChI is InChI=1S/C22H23N3O2/c1-14-21(15-8-10-25(14)11-9-15)24-22(26)20-7-6-19(27-20)17-12-16-4-2-3-5-18(16)23-13-17/h2-7,12-15,21H,8-11H2,1H3,(H,24,26)/t14-,21-/m0/s1. The molecule has 3 aromatic rings. The highest BCUT2D eigenvalue weighted by atomic mass is 16.3. The minimum Gasteiger partial charge on any atom is -0.451 e. The Morgan fingerprint density at radius 2 is 2.00 bits per heavy atom. The highest BCUT2D eigenvalue weighted by Crippen LogP contribution is 2.32. The highest BCUT2D eigenvalue weighted by molar-refractivity contribution is 5.92. The molecule has 1 aromatic carbocycles. The number of amides is 1. The number of carbonyl (C=O) groups is 1. The van der Waals surface area contributed by atoms with Crippen molar-refractivity contribution in [2.45, 2.75) is 31.8 Å². The largest absolute Gasteiger partial charge is 0.451 e. The zero-order valence-corrected chi connectivity index (χ0v) is 15.4. The number of para-hydroxylation sites is 1. The van der Waals surface area contributed by atoms with E-state index in [-0.39, 0.29) is 11.9 Å². The number of fused-ring (bicyclic) bond motifs is 4. The van der Waals surface area contributed by atoms with Crippen LogP contribution in [0.1, 0.15) is 30.3 Å². The fourth-order valence-electron chi connectivity index (χ4n) is 4.59. The van der Waals surface area contributed by atoms with E-state index in [9.17, 15) is 4.79 Å². The van der Waals surface area contributed by atoms with Crippen molar-refractivity contribution in [3.05, 3.63) is 54.4 Å². The first kappa shape index (κ1) is 16.5. The van der Waals surface area contributed by atoms with Gasteiger partial charge >= 0.3 is 0 Å². The van der Waals surface area contributed by atoms with Crippen LogP contribution in [0.4, 0.5) is 0 Å². The van der Waals surface area contributed by atoms with Gasteiger partial charge in [-0.3, -0.25) is 14.7 Å². The molecule has 3 fully saturated rings. The maximum Gasteiger partial charge on any atom is 0.287 e. The van der Waals surface area contributed by atoms with Crippen molar-refractivity contribution in [1.29, 1.82) is 0 Å². The summed E-state index contributed by atoms with van der Waals surface area (Å²) in [4.78, 5) is 19.7. The van der Waals surface area contributed by atoms with Gasteiger partial charge in [-0.05, 0) is 63.0 Å². The minimum absolute atomic E-state index is 0.124. The van der Waals surface area contributed by atoms with Gasteiger partial charge in [0.1, 0.15) is 5.76 Å². The van der Waals surface area contributed by atoms with Crippen LogP contribution in [0.2, 0.25) is 0 Å². The summed E-state index contributed by atoms with van der Waals surface area (Å²) in [7, 11) is 0. The molecule has 2 aromatic heterocycles. The summed E-state index contributed by atoms with van der Waals surface area (Å²) in [5.74, 6) is 1.48. The van der Waals surface area contributed by atoms with Gasteiger partial charge in [0.2, 0.25) is 0 Å². The van der Waals surface area contributed by atoms with E-state index in [1.165, 1.54) is 12.8 Å². The number of hydrogen-bond acceptors (Lipinski definition) is 4. The summed E-state index contributed by atoms with van der Waals surface area (Å²) >= 11 is 0. The van der Waals surface area contributed by atoms with Crippen LogP contribution in [0.15, 0.2) is 53.1 Å². The van der Waals surface area contributed by atoms with E-state index < -0.39 is 0 Å². The third-order valence-electron chi connectivity index (χ3n) is 6.18. The Hall–Kier alpha value is -2.66. The lowest BCUT2D eigenvalue weighted by Gasteiger charge is -2.49. The molecule has 0 unspecified atom stereocenters. The van der Waals surface area contributed by atoms with Crippen LogP contribution >= 0.6 is 0 Å². The number of pyridine rings is 1. The normalized spacial score (nSPS) is 27.0. The fourth-order valence-corrected chi connectivity index (χ4v) is 4.59. The van der Waals surface area contributed by atoms with Gasteiger partial charge in [-0.1, -0.05) is 18.2 Å². The molecule has 5 nitrogen and oxygen atoms in total. The first-order valence-corrected chi connectivity index (χ1v) is 9.69. The Balaban J connectivity index is 1.36. The molecule has 27 heavy (non-hydrogen) atoms. The van der Waals surface area contributed by atoms with Gasteiger partial charge in [-0.15, -0.1) is 0 Å². The molecule has 3 saturated heterocycles. The van der Waals surface area contributed by atoms with Gasteiger partial charge < -0.3 is 9.73 Å². The molecule has 3 aliphatic heterocycles. The van der Waals surface area contributed by atoms with Gasteiger partial charge in [0.25, 0.3) is 5.91 Å². The Labute approximate surface area is 158 Å². The molecule has 0 spiro atoms. The third-order valence-corrected chi connectivity index (χ3v) is 6.18. The summed E-state index contributed by atoms with van der Waals surface area (Å²) in [6, 6.07) is 14.2. The molecule has 5 heterocycles. The molecule has 5 heteroatoms. The zero-order valence-electron chi connectivity index (χ0n) is 15.4. The monoisotopic (exact) mass is 361 g/mol. The van der Waals surface area contributed by atoms with Crippen molar-refractivity contribution < 1.29 is 9.21 Å². The lowest BCUT2D eigenvalue weighted by molar-refractivity contribution is 0.0211. The zero-order chi connectivity index (χ0) is 18.4. The van der Waals surface area contributed by atoms with E-state index in [0.29, 0.717) is 23.5 Å². The molecule has 138 valence electrons. The SMILES string of the molecule is C[C@H]1[C@H](NC(=O)c2ccc(-c3cnc4ccccc4c3)o2)C2CCN1CC2. The van der Waals surface area contributed by atoms with E-state index >= 15 is 0 Å². The number of piperidine rings is 3. The van der Waals surface area contributed by atoms with Crippen LogP contribution in [0.5, 0.6) is 0 Å². The van der Waals surface area contributed by atoms with E-state index in [4.69, 9.17) is 4.42 Å². The number of hydrogen-bond donors (Lipinski definition) is 1. The third kappa shape index (κ3) is 2.92. The Kier molecular flexibility index (Phi) is 3.97. The number of nitrogens with one attached hydrogen (secondary N) is 1. The van der Waals surface area contributed by atoms with Gasteiger partial charge in [-0.25, -0.2) is 0 Å². The summed E-state index contributed by atoms with van der Waals surface area (Å²) in [5.41, 5.74) is 1.83. The molecule has 2 atom stereocenters. The quantitative estimate of drug-likeness (QED) is 0.773. The number of aromatic nitrogens is 1. The predicted octanol–water partition coefficient (Wildman–Crippen LogP) is 3.71. The first-order chi connectivity index (χ1) is 13.2. The Morgan fingerprint density at radius 1 is 1.19 bits per heavy atom. The molecule has 2 bridgehead atoms. The van der Waals surface area contributed by atoms with Gasteiger partial charge in [0.15, 0.2) is 5.76 Å². The van der Waals surface area contributed by atoms with Crippen molar-refractivity contribution >= 4 is 16.8 Å². The number of nitrogens with zero attached hydrogens (tertiary/aromatic N) is 2. The van der Waals surface area contributed by atoms with Crippen LogP contribution in [-0.4, -0.2) is 41.0 Å². The van der Waals surface area contributed by atoms with Crippen LogP contribution < -0.4 is 5.32 Å². The summed E-state index contributed by atoms with van der Waals surface area (Å²) < 4.78 is 5.87. The lowest BCUT2D eigenvalue weighted by atomic mass is 9.79. The van der Waals surface area contributed by atoms with E-state index in [0.717, 1.165) is 29.6 Å². The van der Waals surface area contributed by atoms with Crippen molar-refractivity contribution in [2.75, 3.05) is 13.1 Å². The number of rotatable bonds is 3. The van der Waals surface area contributed by atoms with E-state index in [2.05, 4.69) is 22.1 Å². The number of carbonyl (C=O) groups excluding carboxylic acids is 1. The highest BCUT2D eigenvalue weighted by Gasteiger charge is 2.40. The molecular weight excluding hydrogens is 338 g/mol. The second kappa shape index (κ2) is 6.50. The van der Waals surface area contributed by atoms with Crippen molar-refractivity contribution in [3.8, 4) is 11.3 Å². The first-order valence-electron chi connectivity index (χ1n) is 9.69. The molecule has 0 radical (unpaired) electrons. The average molecular weight is 361 g/mol. The van der Waals surface area contributed by atoms with Crippen molar-refractivity contribution in [1.82, 2.24) is 15.2 Å². The number of benzene rings is 1. The molecule has 6 rings (SSSR count). The lowest BCUT2D eigenvalue weighted by Crippen LogP contribution is -2.62. The summed E-state index contributed by atoms with van der Waals surface area (Å²) in [6.07, 6.45) is 4.13. The second-order valence-corrected chi connectivity index (χ2v) is 7.69. The Morgan fingerprint density at radius 3 is 2.81 bits per heavy atom. The smallest absolute Gasteiger partial charge is 0.287 e. The van der Waals surface area contributed by atoms with Crippen LogP contribution in [-0.2, 0) is 0 Å². The molecule has 0 aliphatic carbocycles. The molecule has 0 saturated carbocycles. The molecule has 3 aliphatic rings. The van der Waals surface area contributed by atoms with Gasteiger partial charge in [0.05, 0.1) is 5.52 Å². The van der Waals surface area contributed by atoms with Crippen LogP contribution in [0, 0.1) is 5.92 Å². The number of furan rings is 1. The minimum atomic E-state index is -0.124.